The Hall–Kier alpha value is -2.26. The molecule has 0 spiro atoms. The Morgan fingerprint density at radius 2 is 1.88 bits per heavy atom. The average molecular weight is 409 g/mol. The molecule has 0 aliphatic heterocycles. The molecule has 0 aliphatic rings. The molecular formula is C15H14BrFN6S. The molecule has 0 atom stereocenters. The Balaban J connectivity index is 1.87. The van der Waals surface area contributed by atoms with Gasteiger partial charge in [0.25, 0.3) is 0 Å². The molecule has 24 heavy (non-hydrogen) atoms. The molecule has 0 bridgehead atoms. The summed E-state index contributed by atoms with van der Waals surface area (Å²) in [6.45, 7) is 3.93. The number of rotatable bonds is 4. The highest BCUT2D eigenvalue weighted by Gasteiger charge is 2.12. The maximum atomic E-state index is 14.0. The van der Waals surface area contributed by atoms with Gasteiger partial charge < -0.3 is 16.4 Å². The summed E-state index contributed by atoms with van der Waals surface area (Å²) in [5.41, 5.74) is 7.60. The monoisotopic (exact) mass is 408 g/mol. The van der Waals surface area contributed by atoms with Gasteiger partial charge in [0.2, 0.25) is 0 Å². The molecule has 0 radical (unpaired) electrons. The lowest BCUT2D eigenvalue weighted by molar-refractivity contribution is 0.631. The minimum atomic E-state index is -0.414. The summed E-state index contributed by atoms with van der Waals surface area (Å²) in [6, 6.07) is 4.69. The van der Waals surface area contributed by atoms with E-state index in [0.717, 1.165) is 10.6 Å². The summed E-state index contributed by atoms with van der Waals surface area (Å²) in [7, 11) is 0. The third kappa shape index (κ3) is 3.46. The number of halogens is 2. The van der Waals surface area contributed by atoms with Crippen LogP contribution in [-0.4, -0.2) is 15.0 Å². The minimum absolute atomic E-state index is 0.274. The summed E-state index contributed by atoms with van der Waals surface area (Å²) in [5.74, 6) is 0.320. The van der Waals surface area contributed by atoms with E-state index in [-0.39, 0.29) is 11.4 Å². The lowest BCUT2D eigenvalue weighted by Gasteiger charge is -2.12. The van der Waals surface area contributed by atoms with Gasteiger partial charge in [0.15, 0.2) is 16.8 Å². The van der Waals surface area contributed by atoms with Crippen molar-refractivity contribution in [3.05, 3.63) is 45.4 Å². The number of anilines is 5. The lowest BCUT2D eigenvalue weighted by Crippen LogP contribution is -2.05. The molecule has 0 saturated carbocycles. The van der Waals surface area contributed by atoms with Gasteiger partial charge in [0, 0.05) is 9.35 Å². The van der Waals surface area contributed by atoms with E-state index >= 15 is 0 Å². The maximum Gasteiger partial charge on any atom is 0.188 e. The lowest BCUT2D eigenvalue weighted by atomic mass is 10.3. The Morgan fingerprint density at radius 3 is 2.50 bits per heavy atom. The van der Waals surface area contributed by atoms with Crippen LogP contribution in [0.15, 0.2) is 29.0 Å². The predicted molar refractivity (Wildman–Crippen MR) is 98.7 cm³/mol. The molecule has 0 unspecified atom stereocenters. The van der Waals surface area contributed by atoms with Gasteiger partial charge in [-0.15, -0.1) is 11.3 Å². The van der Waals surface area contributed by atoms with E-state index in [2.05, 4.69) is 41.5 Å². The number of nitrogens with two attached hydrogens (primary N) is 1. The highest BCUT2D eigenvalue weighted by Crippen LogP contribution is 2.31. The molecule has 3 aromatic rings. The molecule has 0 aliphatic carbocycles. The van der Waals surface area contributed by atoms with Crippen molar-refractivity contribution in [1.82, 2.24) is 15.0 Å². The van der Waals surface area contributed by atoms with E-state index < -0.39 is 5.82 Å². The van der Waals surface area contributed by atoms with Gasteiger partial charge in [-0.3, -0.25) is 0 Å². The summed E-state index contributed by atoms with van der Waals surface area (Å²) in [6.07, 6.45) is 1.35. The molecule has 1 aromatic carbocycles. The van der Waals surface area contributed by atoms with E-state index in [1.54, 1.807) is 12.1 Å². The average Bonchev–Trinajstić information content (AvgIpc) is 2.84. The highest BCUT2D eigenvalue weighted by molar-refractivity contribution is 9.10. The van der Waals surface area contributed by atoms with Crippen LogP contribution in [0.1, 0.15) is 10.6 Å². The van der Waals surface area contributed by atoms with Crippen LogP contribution >= 0.6 is 27.3 Å². The van der Waals surface area contributed by atoms with Crippen LogP contribution in [0.3, 0.4) is 0 Å². The van der Waals surface area contributed by atoms with Gasteiger partial charge in [0.05, 0.1) is 11.4 Å². The number of thiazole rings is 1. The number of nitrogen functional groups attached to an aromatic ring is 1. The van der Waals surface area contributed by atoms with Crippen molar-refractivity contribution in [3.8, 4) is 0 Å². The first-order valence-electron chi connectivity index (χ1n) is 6.97. The molecular weight excluding hydrogens is 395 g/mol. The SMILES string of the molecule is Cc1nc(Nc2ncnc(Nc3ccc(Br)cc3F)c2N)sc1C. The van der Waals surface area contributed by atoms with Crippen LogP contribution in [0.2, 0.25) is 0 Å². The van der Waals surface area contributed by atoms with Crippen LogP contribution in [-0.2, 0) is 0 Å². The molecule has 0 saturated heterocycles. The first-order valence-corrected chi connectivity index (χ1v) is 8.58. The Labute approximate surface area is 150 Å². The van der Waals surface area contributed by atoms with E-state index in [1.807, 2.05) is 13.8 Å². The quantitative estimate of drug-likeness (QED) is 0.587. The van der Waals surface area contributed by atoms with Crippen molar-refractivity contribution in [1.29, 1.82) is 0 Å². The molecule has 2 aromatic heterocycles. The van der Waals surface area contributed by atoms with Gasteiger partial charge in [-0.2, -0.15) is 0 Å². The standard InChI is InChI=1S/C15H14BrFN6S/c1-7-8(2)24-15(21-7)23-14-12(18)13(19-6-20-14)22-11-4-3-9(16)5-10(11)17/h3-6H,18H2,1-2H3,(H2,19,20,21,22,23). The Morgan fingerprint density at radius 1 is 1.17 bits per heavy atom. The summed E-state index contributed by atoms with van der Waals surface area (Å²) < 4.78 is 14.6. The van der Waals surface area contributed by atoms with Crippen molar-refractivity contribution in [2.24, 2.45) is 0 Å². The number of nitrogens with zero attached hydrogens (tertiary/aromatic N) is 3. The Kier molecular flexibility index (Phi) is 4.63. The Bertz CT molecular complexity index is 878. The van der Waals surface area contributed by atoms with Crippen LogP contribution < -0.4 is 16.4 Å². The van der Waals surface area contributed by atoms with Crippen molar-refractivity contribution in [2.75, 3.05) is 16.4 Å². The van der Waals surface area contributed by atoms with Crippen molar-refractivity contribution in [2.45, 2.75) is 13.8 Å². The number of benzene rings is 1. The number of hydrogen-bond acceptors (Lipinski definition) is 7. The fourth-order valence-corrected chi connectivity index (χ4v) is 3.09. The summed E-state index contributed by atoms with van der Waals surface area (Å²) >= 11 is 4.73. The number of aromatic nitrogens is 3. The van der Waals surface area contributed by atoms with Crippen molar-refractivity contribution < 1.29 is 4.39 Å². The van der Waals surface area contributed by atoms with Crippen LogP contribution in [0.25, 0.3) is 0 Å². The zero-order chi connectivity index (χ0) is 17.3. The zero-order valence-corrected chi connectivity index (χ0v) is 15.3. The second-order valence-corrected chi connectivity index (χ2v) is 7.14. The molecule has 4 N–H and O–H groups in total. The van der Waals surface area contributed by atoms with Crippen LogP contribution in [0.5, 0.6) is 0 Å². The number of aryl methyl sites for hydroxylation is 2. The van der Waals surface area contributed by atoms with Gasteiger partial charge in [-0.25, -0.2) is 19.3 Å². The van der Waals surface area contributed by atoms with Crippen molar-refractivity contribution >= 4 is 55.4 Å². The molecule has 2 heterocycles. The van der Waals surface area contributed by atoms with E-state index in [1.165, 1.54) is 23.7 Å². The fraction of sp³-hybridized carbons (Fsp3) is 0.133. The second kappa shape index (κ2) is 6.70. The van der Waals surface area contributed by atoms with Crippen LogP contribution in [0.4, 0.5) is 32.5 Å². The number of hydrogen-bond donors (Lipinski definition) is 3. The van der Waals surface area contributed by atoms with E-state index in [0.29, 0.717) is 21.2 Å². The smallest absolute Gasteiger partial charge is 0.188 e. The first-order chi connectivity index (χ1) is 11.4. The summed E-state index contributed by atoms with van der Waals surface area (Å²) in [5, 5.41) is 6.65. The van der Waals surface area contributed by atoms with Gasteiger partial charge in [0.1, 0.15) is 17.8 Å². The topological polar surface area (TPSA) is 88.8 Å². The van der Waals surface area contributed by atoms with Gasteiger partial charge in [-0.1, -0.05) is 15.9 Å². The highest BCUT2D eigenvalue weighted by atomic mass is 79.9. The predicted octanol–water partition coefficient (Wildman–Crippen LogP) is 4.52. The third-order valence-electron chi connectivity index (χ3n) is 3.32. The normalized spacial score (nSPS) is 10.7. The molecule has 3 rings (SSSR count). The van der Waals surface area contributed by atoms with E-state index in [4.69, 9.17) is 5.73 Å². The molecule has 6 nitrogen and oxygen atoms in total. The molecule has 0 amide bonds. The molecule has 0 fully saturated rings. The largest absolute Gasteiger partial charge is 0.393 e. The van der Waals surface area contributed by atoms with E-state index in [9.17, 15) is 4.39 Å². The maximum absolute atomic E-state index is 14.0. The number of nitrogens with one attached hydrogen (secondary N) is 2. The van der Waals surface area contributed by atoms with Gasteiger partial charge in [-0.05, 0) is 32.0 Å². The zero-order valence-electron chi connectivity index (χ0n) is 12.9. The molecule has 124 valence electrons. The summed E-state index contributed by atoms with van der Waals surface area (Å²) in [4.78, 5) is 13.7. The second-order valence-electron chi connectivity index (χ2n) is 5.02. The van der Waals surface area contributed by atoms with Crippen LogP contribution in [0, 0.1) is 19.7 Å². The molecule has 9 heteroatoms. The minimum Gasteiger partial charge on any atom is -0.393 e. The fourth-order valence-electron chi connectivity index (χ4n) is 1.94. The van der Waals surface area contributed by atoms with Gasteiger partial charge >= 0.3 is 0 Å². The first kappa shape index (κ1) is 16.6. The van der Waals surface area contributed by atoms with Crippen molar-refractivity contribution in [3.63, 3.8) is 0 Å². The third-order valence-corrected chi connectivity index (χ3v) is 4.80.